The summed E-state index contributed by atoms with van der Waals surface area (Å²) in [5.41, 5.74) is 3.55. The van der Waals surface area contributed by atoms with E-state index in [4.69, 9.17) is 9.73 Å². The number of hydrogen-bond donors (Lipinski definition) is 2. The fourth-order valence-corrected chi connectivity index (χ4v) is 2.74. The monoisotopic (exact) mass is 520 g/mol. The van der Waals surface area contributed by atoms with Gasteiger partial charge in [-0.25, -0.2) is 4.99 Å². The van der Waals surface area contributed by atoms with Crippen molar-refractivity contribution < 1.29 is 4.74 Å². The summed E-state index contributed by atoms with van der Waals surface area (Å²) in [7, 11) is 3.62. The van der Waals surface area contributed by atoms with Gasteiger partial charge in [0.15, 0.2) is 11.8 Å². The first-order valence-corrected chi connectivity index (χ1v) is 9.60. The third-order valence-corrected chi connectivity index (χ3v) is 4.76. The molecule has 0 radical (unpaired) electrons. The second-order valence-electron chi connectivity index (χ2n) is 6.93. The summed E-state index contributed by atoms with van der Waals surface area (Å²) < 4.78 is 7.18. The first-order chi connectivity index (χ1) is 14.0. The van der Waals surface area contributed by atoms with Crippen LogP contribution in [0, 0.1) is 13.8 Å². The second-order valence-corrected chi connectivity index (χ2v) is 6.93. The molecule has 1 aromatic heterocycles. The van der Waals surface area contributed by atoms with Crippen molar-refractivity contribution in [2.75, 3.05) is 7.11 Å². The predicted octanol–water partition coefficient (Wildman–Crippen LogP) is 3.49. The number of ether oxygens (including phenoxy) is 1. The van der Waals surface area contributed by atoms with Gasteiger partial charge in [-0.15, -0.1) is 34.2 Å². The summed E-state index contributed by atoms with van der Waals surface area (Å²) in [4.78, 5) is 4.73. The summed E-state index contributed by atoms with van der Waals surface area (Å²) in [6.45, 7) is 5.81. The largest absolute Gasteiger partial charge is 0.497 e. The highest BCUT2D eigenvalue weighted by Crippen LogP contribution is 2.12. The van der Waals surface area contributed by atoms with Crippen LogP contribution in [-0.2, 0) is 26.7 Å². The quantitative estimate of drug-likeness (QED) is 0.284. The van der Waals surface area contributed by atoms with E-state index in [1.807, 2.05) is 42.8 Å². The lowest BCUT2D eigenvalue weighted by Gasteiger charge is -2.13. The number of methoxy groups -OCH3 is 1. The molecule has 1 heterocycles. The predicted molar refractivity (Wildman–Crippen MR) is 130 cm³/mol. The summed E-state index contributed by atoms with van der Waals surface area (Å²) in [6, 6.07) is 16.4. The van der Waals surface area contributed by atoms with Gasteiger partial charge in [0.2, 0.25) is 0 Å². The Morgan fingerprint density at radius 2 is 1.57 bits per heavy atom. The van der Waals surface area contributed by atoms with E-state index >= 15 is 0 Å². The molecule has 0 aliphatic carbocycles. The van der Waals surface area contributed by atoms with Crippen molar-refractivity contribution in [3.8, 4) is 5.75 Å². The van der Waals surface area contributed by atoms with Gasteiger partial charge in [-0.1, -0.05) is 42.0 Å². The lowest BCUT2D eigenvalue weighted by atomic mass is 10.1. The van der Waals surface area contributed by atoms with Crippen LogP contribution >= 0.6 is 24.0 Å². The molecule has 0 saturated carbocycles. The minimum Gasteiger partial charge on any atom is -0.497 e. The maximum atomic E-state index is 5.22. The zero-order valence-corrected chi connectivity index (χ0v) is 20.2. The van der Waals surface area contributed by atoms with Gasteiger partial charge in [0, 0.05) is 13.6 Å². The third-order valence-electron chi connectivity index (χ3n) is 4.76. The van der Waals surface area contributed by atoms with Gasteiger partial charge < -0.3 is 19.9 Å². The van der Waals surface area contributed by atoms with E-state index in [1.54, 1.807) is 7.11 Å². The molecular formula is C22H29IN6O. The second kappa shape index (κ2) is 11.5. The van der Waals surface area contributed by atoms with Crippen molar-refractivity contribution in [3.05, 3.63) is 76.9 Å². The molecule has 3 rings (SSSR count). The highest BCUT2D eigenvalue weighted by atomic mass is 127. The minimum absolute atomic E-state index is 0. The van der Waals surface area contributed by atoms with Gasteiger partial charge in [0.05, 0.1) is 20.2 Å². The zero-order chi connectivity index (χ0) is 20.6. The number of halogens is 1. The molecular weight excluding hydrogens is 491 g/mol. The summed E-state index contributed by atoms with van der Waals surface area (Å²) >= 11 is 0. The molecule has 0 unspecified atom stereocenters. The van der Waals surface area contributed by atoms with Crippen molar-refractivity contribution in [1.82, 2.24) is 25.4 Å². The molecule has 2 aromatic carbocycles. The number of guanidine groups is 1. The molecule has 30 heavy (non-hydrogen) atoms. The molecule has 0 saturated heterocycles. The summed E-state index contributed by atoms with van der Waals surface area (Å²) in [5, 5.41) is 15.1. The molecule has 0 amide bonds. The molecule has 2 N–H and O–H groups in total. The topological polar surface area (TPSA) is 76.4 Å². The van der Waals surface area contributed by atoms with Gasteiger partial charge >= 0.3 is 0 Å². The van der Waals surface area contributed by atoms with Gasteiger partial charge in [0.25, 0.3) is 0 Å². The lowest BCUT2D eigenvalue weighted by Crippen LogP contribution is -2.37. The van der Waals surface area contributed by atoms with Crippen LogP contribution in [-0.4, -0.2) is 27.8 Å². The van der Waals surface area contributed by atoms with Crippen LogP contribution < -0.4 is 15.4 Å². The summed E-state index contributed by atoms with van der Waals surface area (Å²) in [5.74, 6) is 3.30. The Labute approximate surface area is 195 Å². The standard InChI is InChI=1S/C22H28N6O.HI/c1-16-5-7-18(8-6-16)13-23-22(25-15-21-27-26-17(2)28(21)3)24-14-19-9-11-20(29-4)12-10-19;/h5-12H,13-15H2,1-4H3,(H2,23,24,25);1H. The first-order valence-electron chi connectivity index (χ1n) is 9.60. The number of aromatic nitrogens is 3. The normalized spacial score (nSPS) is 11.0. The average Bonchev–Trinajstić information content (AvgIpc) is 3.07. The van der Waals surface area contributed by atoms with Crippen molar-refractivity contribution in [3.63, 3.8) is 0 Å². The number of rotatable bonds is 7. The Balaban J connectivity index is 0.00000320. The van der Waals surface area contributed by atoms with E-state index < -0.39 is 0 Å². The van der Waals surface area contributed by atoms with Crippen molar-refractivity contribution in [2.24, 2.45) is 12.0 Å². The van der Waals surface area contributed by atoms with E-state index in [-0.39, 0.29) is 24.0 Å². The van der Waals surface area contributed by atoms with Crippen LogP contribution in [0.4, 0.5) is 0 Å². The van der Waals surface area contributed by atoms with Crippen LogP contribution in [0.1, 0.15) is 28.3 Å². The van der Waals surface area contributed by atoms with Gasteiger partial charge in [0.1, 0.15) is 11.6 Å². The molecule has 0 bridgehead atoms. The van der Waals surface area contributed by atoms with E-state index in [1.165, 1.54) is 11.1 Å². The maximum Gasteiger partial charge on any atom is 0.192 e. The molecule has 0 fully saturated rings. The number of hydrogen-bond acceptors (Lipinski definition) is 4. The van der Waals surface area contributed by atoms with Gasteiger partial charge in [-0.05, 0) is 37.1 Å². The van der Waals surface area contributed by atoms with Crippen LogP contribution in [0.15, 0.2) is 53.5 Å². The van der Waals surface area contributed by atoms with Crippen LogP contribution in [0.3, 0.4) is 0 Å². The molecule has 8 heteroatoms. The fraction of sp³-hybridized carbons (Fsp3) is 0.318. The highest BCUT2D eigenvalue weighted by molar-refractivity contribution is 14.0. The van der Waals surface area contributed by atoms with Crippen molar-refractivity contribution >= 4 is 29.9 Å². The SMILES string of the molecule is COc1ccc(CN=C(NCc2ccc(C)cc2)NCc2nnc(C)n2C)cc1.I. The highest BCUT2D eigenvalue weighted by Gasteiger charge is 2.06. The van der Waals surface area contributed by atoms with Crippen LogP contribution in [0.2, 0.25) is 0 Å². The Kier molecular flexibility index (Phi) is 9.10. The number of aryl methyl sites for hydroxylation is 2. The van der Waals surface area contributed by atoms with E-state index in [0.29, 0.717) is 19.6 Å². The van der Waals surface area contributed by atoms with Crippen LogP contribution in [0.25, 0.3) is 0 Å². The maximum absolute atomic E-state index is 5.22. The summed E-state index contributed by atoms with van der Waals surface area (Å²) in [6.07, 6.45) is 0. The number of nitrogens with zero attached hydrogens (tertiary/aromatic N) is 4. The Morgan fingerprint density at radius 1 is 0.933 bits per heavy atom. The molecule has 0 atom stereocenters. The van der Waals surface area contributed by atoms with Gasteiger partial charge in [-0.3, -0.25) is 0 Å². The zero-order valence-electron chi connectivity index (χ0n) is 17.8. The number of aliphatic imine (C=N–C) groups is 1. The molecule has 0 spiro atoms. The molecule has 7 nitrogen and oxygen atoms in total. The number of nitrogens with one attached hydrogen (secondary N) is 2. The number of benzene rings is 2. The fourth-order valence-electron chi connectivity index (χ4n) is 2.74. The average molecular weight is 520 g/mol. The smallest absolute Gasteiger partial charge is 0.192 e. The van der Waals surface area contributed by atoms with Crippen molar-refractivity contribution in [1.29, 1.82) is 0 Å². The van der Waals surface area contributed by atoms with E-state index in [0.717, 1.165) is 28.9 Å². The Morgan fingerprint density at radius 3 is 2.17 bits per heavy atom. The molecule has 160 valence electrons. The Hall–Kier alpha value is -2.62. The molecule has 0 aliphatic rings. The third kappa shape index (κ3) is 6.72. The lowest BCUT2D eigenvalue weighted by molar-refractivity contribution is 0.414. The van der Waals surface area contributed by atoms with Crippen LogP contribution in [0.5, 0.6) is 5.75 Å². The van der Waals surface area contributed by atoms with E-state index in [2.05, 4.69) is 52.0 Å². The minimum atomic E-state index is 0. The van der Waals surface area contributed by atoms with Crippen molar-refractivity contribution in [2.45, 2.75) is 33.5 Å². The van der Waals surface area contributed by atoms with E-state index in [9.17, 15) is 0 Å². The first kappa shape index (κ1) is 23.7. The van der Waals surface area contributed by atoms with Gasteiger partial charge in [-0.2, -0.15) is 0 Å². The molecule has 3 aromatic rings. The Bertz CT molecular complexity index is 951. The molecule has 0 aliphatic heterocycles.